The molecule has 0 radical (unpaired) electrons. The van der Waals surface area contributed by atoms with Gasteiger partial charge in [-0.1, -0.05) is 13.8 Å². The third-order valence-electron chi connectivity index (χ3n) is 3.37. The molecule has 0 amide bonds. The van der Waals surface area contributed by atoms with Gasteiger partial charge in [0.2, 0.25) is 0 Å². The second-order valence-corrected chi connectivity index (χ2v) is 4.85. The number of halogens is 3. The molecule has 2 rings (SSSR count). The van der Waals surface area contributed by atoms with Gasteiger partial charge in [0, 0.05) is 13.1 Å². The van der Waals surface area contributed by atoms with Gasteiger partial charge in [0.05, 0.1) is 7.11 Å². The summed E-state index contributed by atoms with van der Waals surface area (Å²) in [6, 6.07) is -1.02. The minimum atomic E-state index is -1.80. The summed E-state index contributed by atoms with van der Waals surface area (Å²) in [7, 11) is 1.20. The number of alkyl halides is 1. The fourth-order valence-electron chi connectivity index (χ4n) is 2.37. The van der Waals surface area contributed by atoms with E-state index in [4.69, 9.17) is 4.74 Å². The molecular formula is C16H23F3N2O2. The summed E-state index contributed by atoms with van der Waals surface area (Å²) < 4.78 is 45.2. The predicted octanol–water partition coefficient (Wildman–Crippen LogP) is 3.14. The van der Waals surface area contributed by atoms with Gasteiger partial charge in [0.15, 0.2) is 11.7 Å². The predicted molar refractivity (Wildman–Crippen MR) is 82.5 cm³/mol. The van der Waals surface area contributed by atoms with Crippen LogP contribution in [0.25, 0.3) is 0 Å². The lowest BCUT2D eigenvalue weighted by Crippen LogP contribution is -2.53. The van der Waals surface area contributed by atoms with Crippen LogP contribution in [0.15, 0.2) is 35.5 Å². The number of ether oxygens (including phenoxy) is 1. The number of nitrogens with zero attached hydrogens (tertiary/aromatic N) is 1. The van der Waals surface area contributed by atoms with E-state index in [0.717, 1.165) is 25.0 Å². The van der Waals surface area contributed by atoms with E-state index in [-0.39, 0.29) is 5.57 Å². The fraction of sp³-hybridized carbons (Fsp3) is 0.562. The Morgan fingerprint density at radius 2 is 2.00 bits per heavy atom. The van der Waals surface area contributed by atoms with Crippen LogP contribution in [0.1, 0.15) is 26.7 Å². The number of hydrogen-bond donors (Lipinski definition) is 1. The lowest BCUT2D eigenvalue weighted by molar-refractivity contribution is -0.147. The summed E-state index contributed by atoms with van der Waals surface area (Å²) in [6.45, 7) is 5.18. The Morgan fingerprint density at radius 1 is 1.30 bits per heavy atom. The van der Waals surface area contributed by atoms with Crippen LogP contribution in [-0.4, -0.2) is 43.4 Å². The molecule has 130 valence electrons. The van der Waals surface area contributed by atoms with Crippen molar-refractivity contribution < 1.29 is 22.7 Å². The van der Waals surface area contributed by atoms with Crippen LogP contribution in [0.2, 0.25) is 0 Å². The van der Waals surface area contributed by atoms with Crippen molar-refractivity contribution in [2.45, 2.75) is 38.9 Å². The molecule has 0 bridgehead atoms. The molecule has 0 aromatic rings. The highest BCUT2D eigenvalue weighted by Crippen LogP contribution is 2.26. The van der Waals surface area contributed by atoms with Gasteiger partial charge in [-0.25, -0.2) is 23.0 Å². The maximum atomic E-state index is 13.6. The van der Waals surface area contributed by atoms with Crippen molar-refractivity contribution in [3.63, 3.8) is 0 Å². The van der Waals surface area contributed by atoms with Crippen LogP contribution >= 0.6 is 0 Å². The number of allylic oxidation sites excluding steroid dienone is 4. The summed E-state index contributed by atoms with van der Waals surface area (Å²) in [5, 5.41) is 1.57. The van der Waals surface area contributed by atoms with Gasteiger partial charge in [-0.3, -0.25) is 5.43 Å². The first-order valence-corrected chi connectivity index (χ1v) is 7.71. The van der Waals surface area contributed by atoms with Gasteiger partial charge in [-0.2, -0.15) is 0 Å². The van der Waals surface area contributed by atoms with Crippen molar-refractivity contribution in [1.29, 1.82) is 0 Å². The molecule has 1 heterocycles. The van der Waals surface area contributed by atoms with Crippen molar-refractivity contribution in [2.24, 2.45) is 0 Å². The molecule has 4 nitrogen and oxygen atoms in total. The average Bonchev–Trinajstić information content (AvgIpc) is 2.68. The zero-order valence-electron chi connectivity index (χ0n) is 13.6. The quantitative estimate of drug-likeness (QED) is 0.806. The molecule has 1 fully saturated rings. The molecule has 1 aliphatic heterocycles. The lowest BCUT2D eigenvalue weighted by atomic mass is 10.0. The molecule has 0 aromatic carbocycles. The van der Waals surface area contributed by atoms with Gasteiger partial charge < -0.3 is 4.74 Å². The van der Waals surface area contributed by atoms with Crippen LogP contribution in [0.3, 0.4) is 0 Å². The number of carbonyl (C=O) groups is 1. The highest BCUT2D eigenvalue weighted by molar-refractivity contribution is 5.80. The minimum Gasteiger partial charge on any atom is -0.468 e. The monoisotopic (exact) mass is 332 g/mol. The topological polar surface area (TPSA) is 41.6 Å². The van der Waals surface area contributed by atoms with Crippen molar-refractivity contribution in [2.75, 3.05) is 20.2 Å². The number of nitrogens with one attached hydrogen (secondary N) is 1. The first-order valence-electron chi connectivity index (χ1n) is 7.71. The van der Waals surface area contributed by atoms with E-state index in [1.165, 1.54) is 7.11 Å². The minimum absolute atomic E-state index is 0.0325. The van der Waals surface area contributed by atoms with Crippen molar-refractivity contribution >= 4 is 5.97 Å². The Balaban J connectivity index is 0.00000127. The SMILES string of the molecule is CC.COC(=O)C(C1=CC(F)C=C(F)C(F)=C1)N1CCCCN1. The van der Waals surface area contributed by atoms with Crippen LogP contribution in [-0.2, 0) is 9.53 Å². The molecule has 7 heteroatoms. The fourth-order valence-corrected chi connectivity index (χ4v) is 2.37. The molecule has 2 unspecified atom stereocenters. The number of carbonyl (C=O) groups excluding carboxylic acids is 1. The van der Waals surface area contributed by atoms with E-state index in [2.05, 4.69) is 5.43 Å². The van der Waals surface area contributed by atoms with E-state index in [0.29, 0.717) is 19.2 Å². The molecule has 2 aliphatic rings. The van der Waals surface area contributed by atoms with Crippen LogP contribution in [0, 0.1) is 0 Å². The van der Waals surface area contributed by atoms with Crippen molar-refractivity contribution in [3.05, 3.63) is 35.5 Å². The second kappa shape index (κ2) is 9.52. The van der Waals surface area contributed by atoms with Crippen LogP contribution in [0.4, 0.5) is 13.2 Å². The molecular weight excluding hydrogens is 309 g/mol. The Labute approximate surface area is 134 Å². The highest BCUT2D eigenvalue weighted by atomic mass is 19.2. The van der Waals surface area contributed by atoms with Crippen LogP contribution in [0.5, 0.6) is 0 Å². The third kappa shape index (κ3) is 5.21. The van der Waals surface area contributed by atoms with Gasteiger partial charge in [-0.15, -0.1) is 0 Å². The number of hydrogen-bond acceptors (Lipinski definition) is 4. The normalized spacial score (nSPS) is 23.4. The summed E-state index contributed by atoms with van der Waals surface area (Å²) in [4.78, 5) is 12.0. The Bertz CT molecular complexity index is 498. The molecule has 1 aliphatic carbocycles. The molecule has 0 saturated carbocycles. The Kier molecular flexibility index (Phi) is 8.05. The maximum absolute atomic E-state index is 13.6. The summed E-state index contributed by atoms with van der Waals surface area (Å²) >= 11 is 0. The lowest BCUT2D eigenvalue weighted by Gasteiger charge is -2.34. The molecule has 1 N–H and O–H groups in total. The van der Waals surface area contributed by atoms with Gasteiger partial charge in [0.1, 0.15) is 12.2 Å². The van der Waals surface area contributed by atoms with Crippen molar-refractivity contribution in [3.8, 4) is 0 Å². The summed E-state index contributed by atoms with van der Waals surface area (Å²) in [5.74, 6) is -3.13. The van der Waals surface area contributed by atoms with Gasteiger partial charge in [-0.05, 0) is 36.6 Å². The average molecular weight is 332 g/mol. The van der Waals surface area contributed by atoms with Gasteiger partial charge >= 0.3 is 5.97 Å². The van der Waals surface area contributed by atoms with E-state index >= 15 is 0 Å². The first kappa shape index (κ1) is 19.4. The smallest absolute Gasteiger partial charge is 0.329 e. The first-order chi connectivity index (χ1) is 11.0. The highest BCUT2D eigenvalue weighted by Gasteiger charge is 2.32. The Hall–Kier alpha value is -1.60. The van der Waals surface area contributed by atoms with E-state index in [9.17, 15) is 18.0 Å². The second-order valence-electron chi connectivity index (χ2n) is 4.85. The van der Waals surface area contributed by atoms with E-state index in [1.807, 2.05) is 13.8 Å². The summed E-state index contributed by atoms with van der Waals surface area (Å²) in [6.07, 6.45) is 2.35. The Morgan fingerprint density at radius 3 is 2.57 bits per heavy atom. The molecule has 0 spiro atoms. The molecule has 2 atom stereocenters. The largest absolute Gasteiger partial charge is 0.468 e. The van der Waals surface area contributed by atoms with E-state index in [1.54, 1.807) is 5.01 Å². The number of esters is 1. The third-order valence-corrected chi connectivity index (χ3v) is 3.37. The zero-order valence-corrected chi connectivity index (χ0v) is 13.6. The molecule has 23 heavy (non-hydrogen) atoms. The zero-order chi connectivity index (χ0) is 17.4. The standard InChI is InChI=1S/C14H17F3N2O2.C2H6/c1-21-14(20)13(19-5-3-2-4-18-19)9-6-10(15)8-12(17)11(16)7-9;1-2/h6-8,10,13,18H,2-5H2,1H3;1-2H3. The van der Waals surface area contributed by atoms with Crippen LogP contribution < -0.4 is 5.43 Å². The summed E-state index contributed by atoms with van der Waals surface area (Å²) in [5.41, 5.74) is 3.03. The molecule has 1 saturated heterocycles. The molecule has 0 aromatic heterocycles. The number of hydrazine groups is 1. The van der Waals surface area contributed by atoms with Gasteiger partial charge in [0.25, 0.3) is 0 Å². The van der Waals surface area contributed by atoms with E-state index < -0.39 is 29.8 Å². The number of rotatable bonds is 3. The van der Waals surface area contributed by atoms with Crippen molar-refractivity contribution in [1.82, 2.24) is 10.4 Å². The number of methoxy groups -OCH3 is 1. The maximum Gasteiger partial charge on any atom is 0.329 e.